The molecule has 6 heteroatoms. The van der Waals surface area contributed by atoms with Crippen LogP contribution in [0.3, 0.4) is 0 Å². The molecule has 1 N–H and O–H groups in total. The molecule has 1 heterocycles. The Hall–Kier alpha value is -2.21. The number of hydrogen-bond donors (Lipinski definition) is 1. The lowest BCUT2D eigenvalue weighted by molar-refractivity contribution is -0.125. The largest absolute Gasteiger partial charge is 0.382 e. The number of hydrogen-bond acceptors (Lipinski definition) is 3. The topological polar surface area (TPSA) is 50.7 Å². The van der Waals surface area contributed by atoms with Gasteiger partial charge in [-0.05, 0) is 30.3 Å². The highest BCUT2D eigenvalue weighted by atomic mass is 79.9. The Morgan fingerprint density at radius 1 is 1.27 bits per heavy atom. The van der Waals surface area contributed by atoms with Crippen molar-refractivity contribution in [2.24, 2.45) is 5.16 Å². The summed E-state index contributed by atoms with van der Waals surface area (Å²) >= 11 is 3.34. The fourth-order valence-corrected chi connectivity index (χ4v) is 2.54. The quantitative estimate of drug-likeness (QED) is 0.904. The minimum atomic E-state index is -0.711. The number of rotatable bonds is 3. The lowest BCUT2D eigenvalue weighted by Gasteiger charge is -2.09. The normalized spacial score (nSPS) is 16.8. The predicted molar refractivity (Wildman–Crippen MR) is 85.2 cm³/mol. The van der Waals surface area contributed by atoms with E-state index in [-0.39, 0.29) is 11.7 Å². The number of anilines is 1. The summed E-state index contributed by atoms with van der Waals surface area (Å²) in [6.45, 7) is 0. The van der Waals surface area contributed by atoms with Crippen molar-refractivity contribution < 1.29 is 14.0 Å². The number of amides is 1. The van der Waals surface area contributed by atoms with Crippen molar-refractivity contribution in [1.29, 1.82) is 0 Å². The number of oxime groups is 1. The molecule has 2 aromatic rings. The standard InChI is InChI=1S/C16H12BrFN2O2/c17-11-4-2-6-13(8-11)19-16(21)15-9-14(20-22-15)10-3-1-5-12(18)7-10/h1-8,15H,9H2,(H,19,21). The van der Waals surface area contributed by atoms with Gasteiger partial charge >= 0.3 is 0 Å². The van der Waals surface area contributed by atoms with E-state index in [4.69, 9.17) is 4.84 Å². The summed E-state index contributed by atoms with van der Waals surface area (Å²) in [6.07, 6.45) is -0.402. The third-order valence-corrected chi connectivity index (χ3v) is 3.70. The molecular weight excluding hydrogens is 351 g/mol. The van der Waals surface area contributed by atoms with Crippen LogP contribution in [0, 0.1) is 5.82 Å². The Balaban J connectivity index is 1.65. The van der Waals surface area contributed by atoms with Crippen molar-refractivity contribution in [2.45, 2.75) is 12.5 Å². The van der Waals surface area contributed by atoms with Gasteiger partial charge in [0.15, 0.2) is 0 Å². The smallest absolute Gasteiger partial charge is 0.268 e. The Morgan fingerprint density at radius 2 is 2.09 bits per heavy atom. The molecule has 0 aliphatic carbocycles. The van der Waals surface area contributed by atoms with Gasteiger partial charge in [-0.15, -0.1) is 0 Å². The number of carbonyl (C=O) groups excluding carboxylic acids is 1. The molecule has 0 radical (unpaired) electrons. The second-order valence-electron chi connectivity index (χ2n) is 4.85. The van der Waals surface area contributed by atoms with Gasteiger partial charge in [-0.25, -0.2) is 4.39 Å². The zero-order chi connectivity index (χ0) is 15.5. The molecule has 4 nitrogen and oxygen atoms in total. The van der Waals surface area contributed by atoms with Gasteiger partial charge in [0.25, 0.3) is 5.91 Å². The average Bonchev–Trinajstić information content (AvgIpc) is 2.97. The second kappa shape index (κ2) is 6.27. The third-order valence-electron chi connectivity index (χ3n) is 3.21. The third kappa shape index (κ3) is 3.33. The van der Waals surface area contributed by atoms with Gasteiger partial charge in [-0.1, -0.05) is 39.3 Å². The van der Waals surface area contributed by atoms with Crippen LogP contribution in [0.15, 0.2) is 58.2 Å². The molecule has 0 saturated heterocycles. The van der Waals surface area contributed by atoms with Gasteiger partial charge in [0, 0.05) is 22.1 Å². The van der Waals surface area contributed by atoms with Gasteiger partial charge in [0.2, 0.25) is 6.10 Å². The molecule has 0 bridgehead atoms. The van der Waals surface area contributed by atoms with E-state index in [1.54, 1.807) is 24.3 Å². The zero-order valence-corrected chi connectivity index (χ0v) is 13.0. The molecule has 0 aromatic heterocycles. The van der Waals surface area contributed by atoms with E-state index in [1.807, 2.05) is 12.1 Å². The Labute approximate surface area is 135 Å². The highest BCUT2D eigenvalue weighted by molar-refractivity contribution is 9.10. The van der Waals surface area contributed by atoms with Crippen LogP contribution in [0.5, 0.6) is 0 Å². The molecule has 3 rings (SSSR count). The van der Waals surface area contributed by atoms with Crippen molar-refractivity contribution in [3.63, 3.8) is 0 Å². The molecule has 1 atom stereocenters. The Morgan fingerprint density at radius 3 is 2.86 bits per heavy atom. The number of nitrogens with one attached hydrogen (secondary N) is 1. The van der Waals surface area contributed by atoms with Crippen LogP contribution in [0.25, 0.3) is 0 Å². The molecule has 0 fully saturated rings. The van der Waals surface area contributed by atoms with Crippen LogP contribution in [-0.2, 0) is 9.63 Å². The molecule has 22 heavy (non-hydrogen) atoms. The first-order valence-electron chi connectivity index (χ1n) is 6.67. The molecule has 1 aliphatic heterocycles. The first-order chi connectivity index (χ1) is 10.6. The van der Waals surface area contributed by atoms with Crippen molar-refractivity contribution in [3.05, 3.63) is 64.4 Å². The Bertz CT molecular complexity index is 748. The molecule has 0 spiro atoms. The fourth-order valence-electron chi connectivity index (χ4n) is 2.15. The minimum absolute atomic E-state index is 0.284. The molecule has 1 amide bonds. The van der Waals surface area contributed by atoms with Crippen molar-refractivity contribution >= 4 is 33.2 Å². The molecule has 2 aromatic carbocycles. The van der Waals surface area contributed by atoms with E-state index in [1.165, 1.54) is 12.1 Å². The lowest BCUT2D eigenvalue weighted by atomic mass is 10.0. The van der Waals surface area contributed by atoms with E-state index in [0.29, 0.717) is 23.4 Å². The molecule has 1 aliphatic rings. The van der Waals surface area contributed by atoms with Gasteiger partial charge in [-0.3, -0.25) is 4.79 Å². The number of carbonyl (C=O) groups is 1. The molecule has 0 saturated carbocycles. The number of benzene rings is 2. The number of nitrogens with zero attached hydrogens (tertiary/aromatic N) is 1. The van der Waals surface area contributed by atoms with E-state index >= 15 is 0 Å². The Kier molecular flexibility index (Phi) is 4.20. The number of halogens is 2. The highest BCUT2D eigenvalue weighted by Gasteiger charge is 2.29. The summed E-state index contributed by atoms with van der Waals surface area (Å²) in [5.41, 5.74) is 1.86. The lowest BCUT2D eigenvalue weighted by Crippen LogP contribution is -2.28. The average molecular weight is 363 g/mol. The molecule has 1 unspecified atom stereocenters. The van der Waals surface area contributed by atoms with Gasteiger partial charge < -0.3 is 10.2 Å². The predicted octanol–water partition coefficient (Wildman–Crippen LogP) is 3.72. The highest BCUT2D eigenvalue weighted by Crippen LogP contribution is 2.20. The van der Waals surface area contributed by atoms with Gasteiger partial charge in [-0.2, -0.15) is 0 Å². The van der Waals surface area contributed by atoms with Crippen LogP contribution in [-0.4, -0.2) is 17.7 Å². The SMILES string of the molecule is O=C(Nc1cccc(Br)c1)C1CC(c2cccc(F)c2)=NO1. The molecular formula is C16H12BrFN2O2. The van der Waals surface area contributed by atoms with Crippen molar-refractivity contribution in [1.82, 2.24) is 0 Å². The van der Waals surface area contributed by atoms with E-state index in [9.17, 15) is 9.18 Å². The van der Waals surface area contributed by atoms with Crippen molar-refractivity contribution in [2.75, 3.05) is 5.32 Å². The van der Waals surface area contributed by atoms with Crippen LogP contribution >= 0.6 is 15.9 Å². The van der Waals surface area contributed by atoms with Gasteiger partial charge in [0.05, 0.1) is 5.71 Å². The summed E-state index contributed by atoms with van der Waals surface area (Å²) in [7, 11) is 0. The fraction of sp³-hybridized carbons (Fsp3) is 0.125. The summed E-state index contributed by atoms with van der Waals surface area (Å²) in [5.74, 6) is -0.629. The van der Waals surface area contributed by atoms with Crippen LogP contribution in [0.2, 0.25) is 0 Å². The summed E-state index contributed by atoms with van der Waals surface area (Å²) in [6, 6.07) is 13.3. The summed E-state index contributed by atoms with van der Waals surface area (Å²) in [4.78, 5) is 17.3. The summed E-state index contributed by atoms with van der Waals surface area (Å²) < 4.78 is 14.1. The second-order valence-corrected chi connectivity index (χ2v) is 5.76. The first-order valence-corrected chi connectivity index (χ1v) is 7.46. The first kappa shape index (κ1) is 14.7. The monoisotopic (exact) mass is 362 g/mol. The van der Waals surface area contributed by atoms with E-state index in [0.717, 1.165) is 4.47 Å². The summed E-state index contributed by atoms with van der Waals surface area (Å²) in [5, 5.41) is 6.66. The zero-order valence-electron chi connectivity index (χ0n) is 11.4. The maximum atomic E-state index is 13.2. The van der Waals surface area contributed by atoms with Crippen molar-refractivity contribution in [3.8, 4) is 0 Å². The maximum absolute atomic E-state index is 13.2. The minimum Gasteiger partial charge on any atom is -0.382 e. The van der Waals surface area contributed by atoms with Crippen LogP contribution in [0.1, 0.15) is 12.0 Å². The van der Waals surface area contributed by atoms with Crippen LogP contribution in [0.4, 0.5) is 10.1 Å². The van der Waals surface area contributed by atoms with E-state index in [2.05, 4.69) is 26.4 Å². The molecule has 112 valence electrons. The van der Waals surface area contributed by atoms with Gasteiger partial charge in [0.1, 0.15) is 5.82 Å². The van der Waals surface area contributed by atoms with Crippen LogP contribution < -0.4 is 5.32 Å². The van der Waals surface area contributed by atoms with E-state index < -0.39 is 6.10 Å². The maximum Gasteiger partial charge on any atom is 0.268 e.